The zero-order chi connectivity index (χ0) is 13.4. The van der Waals surface area contributed by atoms with E-state index >= 15 is 0 Å². The lowest BCUT2D eigenvalue weighted by Gasteiger charge is -2.41. The Morgan fingerprint density at radius 3 is 2.17 bits per heavy atom. The van der Waals surface area contributed by atoms with E-state index in [2.05, 4.69) is 38.1 Å². The van der Waals surface area contributed by atoms with Crippen molar-refractivity contribution in [2.24, 2.45) is 5.73 Å². The van der Waals surface area contributed by atoms with Crippen molar-refractivity contribution in [1.82, 2.24) is 0 Å². The Kier molecular flexibility index (Phi) is 3.52. The molecule has 0 atom stereocenters. The van der Waals surface area contributed by atoms with Crippen LogP contribution in [0.4, 0.5) is 0 Å². The van der Waals surface area contributed by atoms with Gasteiger partial charge in [0.15, 0.2) is 9.84 Å². The van der Waals surface area contributed by atoms with Crippen LogP contribution >= 0.6 is 0 Å². The van der Waals surface area contributed by atoms with E-state index in [4.69, 9.17) is 5.73 Å². The molecular weight excluding hydrogens is 246 g/mol. The molecule has 0 spiro atoms. The first kappa shape index (κ1) is 13.6. The second kappa shape index (κ2) is 4.67. The van der Waals surface area contributed by atoms with Crippen LogP contribution in [0.2, 0.25) is 0 Å². The van der Waals surface area contributed by atoms with Crippen molar-refractivity contribution in [3.8, 4) is 0 Å². The molecule has 1 saturated heterocycles. The lowest BCUT2D eigenvalue weighted by Crippen LogP contribution is -2.53. The van der Waals surface area contributed by atoms with Gasteiger partial charge in [0.1, 0.15) is 0 Å². The topological polar surface area (TPSA) is 60.2 Å². The Hall–Kier alpha value is -0.870. The van der Waals surface area contributed by atoms with Gasteiger partial charge in [0.2, 0.25) is 0 Å². The molecule has 100 valence electrons. The highest BCUT2D eigenvalue weighted by Crippen LogP contribution is 2.39. The number of benzene rings is 1. The lowest BCUT2D eigenvalue weighted by atomic mass is 9.79. The third-order valence-corrected chi connectivity index (χ3v) is 5.79. The van der Waals surface area contributed by atoms with Gasteiger partial charge in [-0.2, -0.15) is 0 Å². The molecule has 1 aliphatic rings. The number of rotatable bonds is 4. The van der Waals surface area contributed by atoms with Crippen LogP contribution in [-0.4, -0.2) is 26.5 Å². The van der Waals surface area contributed by atoms with Crippen LogP contribution in [0.3, 0.4) is 0 Å². The van der Waals surface area contributed by atoms with Gasteiger partial charge in [0.25, 0.3) is 0 Å². The Labute approximate surface area is 109 Å². The molecule has 0 unspecified atom stereocenters. The predicted molar refractivity (Wildman–Crippen MR) is 74.5 cm³/mol. The maximum atomic E-state index is 11.5. The monoisotopic (exact) mass is 267 g/mol. The lowest BCUT2D eigenvalue weighted by molar-refractivity contribution is 0.433. The molecule has 1 aromatic carbocycles. The van der Waals surface area contributed by atoms with Crippen LogP contribution in [0.15, 0.2) is 24.3 Å². The molecule has 0 aromatic heterocycles. The van der Waals surface area contributed by atoms with E-state index < -0.39 is 9.84 Å². The van der Waals surface area contributed by atoms with E-state index in [-0.39, 0.29) is 16.9 Å². The minimum absolute atomic E-state index is 0.233. The Balaban J connectivity index is 2.28. The van der Waals surface area contributed by atoms with Gasteiger partial charge in [-0.25, -0.2) is 8.42 Å². The van der Waals surface area contributed by atoms with Crippen molar-refractivity contribution in [3.05, 3.63) is 35.4 Å². The van der Waals surface area contributed by atoms with Crippen molar-refractivity contribution < 1.29 is 8.42 Å². The van der Waals surface area contributed by atoms with Gasteiger partial charge in [-0.05, 0) is 30.0 Å². The van der Waals surface area contributed by atoms with E-state index in [1.807, 2.05) is 0 Å². The molecule has 2 rings (SSSR count). The van der Waals surface area contributed by atoms with E-state index in [0.29, 0.717) is 12.5 Å². The first-order chi connectivity index (χ1) is 8.38. The SMILES string of the molecule is CC(C)c1ccc(C2(CCN)CS(=O)(=O)C2)cc1. The molecule has 1 aliphatic heterocycles. The number of hydrogen-bond acceptors (Lipinski definition) is 3. The molecule has 4 heteroatoms. The van der Waals surface area contributed by atoms with Crippen LogP contribution in [0.5, 0.6) is 0 Å². The normalized spacial score (nSPS) is 20.7. The fourth-order valence-electron chi connectivity index (χ4n) is 2.75. The van der Waals surface area contributed by atoms with Gasteiger partial charge in [-0.3, -0.25) is 0 Å². The minimum Gasteiger partial charge on any atom is -0.330 e. The summed E-state index contributed by atoms with van der Waals surface area (Å²) in [6, 6.07) is 8.34. The first-order valence-electron chi connectivity index (χ1n) is 6.39. The summed E-state index contributed by atoms with van der Waals surface area (Å²) in [5.74, 6) is 0.992. The van der Waals surface area contributed by atoms with Crippen molar-refractivity contribution in [2.75, 3.05) is 18.1 Å². The zero-order valence-electron chi connectivity index (χ0n) is 11.0. The third-order valence-electron chi connectivity index (χ3n) is 3.81. The zero-order valence-corrected chi connectivity index (χ0v) is 11.8. The molecule has 0 amide bonds. The number of nitrogens with two attached hydrogens (primary N) is 1. The van der Waals surface area contributed by atoms with E-state index in [1.54, 1.807) is 0 Å². The van der Waals surface area contributed by atoms with Gasteiger partial charge < -0.3 is 5.73 Å². The van der Waals surface area contributed by atoms with Crippen molar-refractivity contribution in [3.63, 3.8) is 0 Å². The second-order valence-corrected chi connectivity index (χ2v) is 7.69. The number of hydrogen-bond donors (Lipinski definition) is 1. The highest BCUT2D eigenvalue weighted by Gasteiger charge is 2.48. The molecule has 18 heavy (non-hydrogen) atoms. The first-order valence-corrected chi connectivity index (χ1v) is 8.22. The van der Waals surface area contributed by atoms with Crippen LogP contribution in [-0.2, 0) is 15.3 Å². The predicted octanol–water partition coefficient (Wildman–Crippen LogP) is 1.83. The summed E-state index contributed by atoms with van der Waals surface area (Å²) >= 11 is 0. The van der Waals surface area contributed by atoms with Gasteiger partial charge in [-0.1, -0.05) is 38.1 Å². The maximum absolute atomic E-state index is 11.5. The van der Waals surface area contributed by atoms with Gasteiger partial charge in [0, 0.05) is 5.41 Å². The van der Waals surface area contributed by atoms with Crippen molar-refractivity contribution in [2.45, 2.75) is 31.6 Å². The fourth-order valence-corrected chi connectivity index (χ4v) is 4.97. The summed E-state index contributed by atoms with van der Waals surface area (Å²) in [5, 5.41) is 0. The van der Waals surface area contributed by atoms with Crippen LogP contribution in [0, 0.1) is 0 Å². The minimum atomic E-state index is -2.84. The molecule has 1 fully saturated rings. The summed E-state index contributed by atoms with van der Waals surface area (Å²) in [7, 11) is -2.84. The summed E-state index contributed by atoms with van der Waals surface area (Å²) in [4.78, 5) is 0. The molecule has 0 bridgehead atoms. The summed E-state index contributed by atoms with van der Waals surface area (Å²) in [6.45, 7) is 4.83. The van der Waals surface area contributed by atoms with Crippen LogP contribution in [0.1, 0.15) is 37.3 Å². The smallest absolute Gasteiger partial charge is 0.152 e. The molecule has 3 nitrogen and oxygen atoms in total. The molecule has 0 aliphatic carbocycles. The Morgan fingerprint density at radius 1 is 1.22 bits per heavy atom. The van der Waals surface area contributed by atoms with E-state index in [9.17, 15) is 8.42 Å². The molecule has 1 heterocycles. The van der Waals surface area contributed by atoms with E-state index in [1.165, 1.54) is 5.56 Å². The molecule has 0 saturated carbocycles. The summed E-state index contributed by atoms with van der Waals surface area (Å²) in [6.07, 6.45) is 0.743. The maximum Gasteiger partial charge on any atom is 0.152 e. The highest BCUT2D eigenvalue weighted by molar-refractivity contribution is 7.93. The quantitative estimate of drug-likeness (QED) is 0.905. The third kappa shape index (κ3) is 2.45. The van der Waals surface area contributed by atoms with Crippen molar-refractivity contribution >= 4 is 9.84 Å². The van der Waals surface area contributed by atoms with Gasteiger partial charge in [-0.15, -0.1) is 0 Å². The highest BCUT2D eigenvalue weighted by atomic mass is 32.2. The molecular formula is C14H21NO2S. The Morgan fingerprint density at radius 2 is 1.78 bits per heavy atom. The second-order valence-electron chi connectivity index (χ2n) is 5.63. The van der Waals surface area contributed by atoms with Crippen LogP contribution in [0.25, 0.3) is 0 Å². The fraction of sp³-hybridized carbons (Fsp3) is 0.571. The summed E-state index contributed by atoms with van der Waals surface area (Å²) < 4.78 is 23.0. The number of sulfone groups is 1. The Bertz CT molecular complexity index is 505. The average Bonchev–Trinajstić information content (AvgIpc) is 2.26. The van der Waals surface area contributed by atoms with Gasteiger partial charge >= 0.3 is 0 Å². The largest absolute Gasteiger partial charge is 0.330 e. The molecule has 2 N–H and O–H groups in total. The molecule has 0 radical (unpaired) electrons. The van der Waals surface area contributed by atoms with Crippen molar-refractivity contribution in [1.29, 1.82) is 0 Å². The van der Waals surface area contributed by atoms with E-state index in [0.717, 1.165) is 12.0 Å². The summed E-state index contributed by atoms with van der Waals surface area (Å²) in [5.41, 5.74) is 7.80. The standard InChI is InChI=1S/C14H21NO2S/c1-11(2)12-3-5-13(6-4-12)14(7-8-15)9-18(16,17)10-14/h3-6,11H,7-10,15H2,1-2H3. The molecule has 1 aromatic rings. The van der Waals surface area contributed by atoms with Gasteiger partial charge in [0.05, 0.1) is 11.5 Å². The average molecular weight is 267 g/mol. The van der Waals surface area contributed by atoms with Crippen LogP contribution < -0.4 is 5.73 Å².